The maximum Gasteiger partial charge on any atom is 0.0263 e. The van der Waals surface area contributed by atoms with Crippen molar-refractivity contribution in [2.45, 2.75) is 6.42 Å². The van der Waals surface area contributed by atoms with Crippen LogP contribution in [0.4, 0.5) is 0 Å². The summed E-state index contributed by atoms with van der Waals surface area (Å²) >= 11 is 11.0. The minimum Gasteiger partial charge on any atom is -0.330 e. The van der Waals surface area contributed by atoms with Crippen LogP contribution in [0.15, 0.2) is 0 Å². The Morgan fingerprint density at radius 1 is 1.25 bits per heavy atom. The first-order valence-corrected chi connectivity index (χ1v) is 3.74. The maximum absolute atomic E-state index is 5.51. The van der Waals surface area contributed by atoms with Crippen LogP contribution < -0.4 is 5.73 Å². The number of hydrogen-bond donors (Lipinski definition) is 1. The fourth-order valence-electron chi connectivity index (χ4n) is 0.431. The smallest absolute Gasteiger partial charge is 0.0263 e. The van der Waals surface area contributed by atoms with Crippen LogP contribution in [0, 0.1) is 5.92 Å². The molecule has 0 saturated heterocycles. The molecule has 50 valence electrons. The van der Waals surface area contributed by atoms with Gasteiger partial charge in [0.1, 0.15) is 0 Å². The molecule has 8 heavy (non-hydrogen) atoms. The van der Waals surface area contributed by atoms with Gasteiger partial charge in [0.2, 0.25) is 0 Å². The van der Waals surface area contributed by atoms with E-state index in [-0.39, 0.29) is 0 Å². The van der Waals surface area contributed by atoms with Gasteiger partial charge < -0.3 is 5.73 Å². The third kappa shape index (κ3) is 3.53. The third-order valence-electron chi connectivity index (χ3n) is 1.01. The fourth-order valence-corrected chi connectivity index (χ4v) is 1.07. The van der Waals surface area contributed by atoms with Gasteiger partial charge in [0.15, 0.2) is 0 Å². The van der Waals surface area contributed by atoms with Gasteiger partial charge in [-0.2, -0.15) is 0 Å². The van der Waals surface area contributed by atoms with Crippen LogP contribution >= 0.6 is 23.2 Å². The van der Waals surface area contributed by atoms with E-state index in [1.807, 2.05) is 0 Å². The molecule has 0 aliphatic heterocycles. The first-order chi connectivity index (χ1) is 3.85. The van der Waals surface area contributed by atoms with Gasteiger partial charge in [-0.1, -0.05) is 0 Å². The number of rotatable bonds is 4. The van der Waals surface area contributed by atoms with Crippen molar-refractivity contribution >= 4 is 23.2 Å². The first kappa shape index (κ1) is 8.54. The summed E-state index contributed by atoms with van der Waals surface area (Å²) in [5, 5.41) is 0. The van der Waals surface area contributed by atoms with E-state index >= 15 is 0 Å². The largest absolute Gasteiger partial charge is 0.330 e. The lowest BCUT2D eigenvalue weighted by Crippen LogP contribution is -2.11. The highest BCUT2D eigenvalue weighted by Gasteiger charge is 2.01. The predicted molar refractivity (Wildman–Crippen MR) is 38.6 cm³/mol. The lowest BCUT2D eigenvalue weighted by molar-refractivity contribution is 0.609. The Balaban J connectivity index is 3.07. The van der Waals surface area contributed by atoms with E-state index in [1.54, 1.807) is 0 Å². The monoisotopic (exact) mass is 155 g/mol. The minimum absolute atomic E-state index is 0.406. The molecule has 0 amide bonds. The Kier molecular flexibility index (Phi) is 6.06. The van der Waals surface area contributed by atoms with Crippen LogP contribution in [-0.2, 0) is 0 Å². The molecule has 0 bridgehead atoms. The second-order valence-corrected chi connectivity index (χ2v) is 2.37. The second-order valence-electron chi connectivity index (χ2n) is 1.75. The van der Waals surface area contributed by atoms with Gasteiger partial charge in [-0.25, -0.2) is 0 Å². The molecule has 2 N–H and O–H groups in total. The van der Waals surface area contributed by atoms with E-state index in [9.17, 15) is 0 Å². The van der Waals surface area contributed by atoms with Crippen molar-refractivity contribution in [2.24, 2.45) is 11.7 Å². The van der Waals surface area contributed by atoms with Gasteiger partial charge >= 0.3 is 0 Å². The van der Waals surface area contributed by atoms with Gasteiger partial charge in [-0.15, -0.1) is 23.2 Å². The zero-order valence-electron chi connectivity index (χ0n) is 4.74. The molecule has 0 fully saturated rings. The number of alkyl halides is 2. The Labute approximate surface area is 60.1 Å². The SMILES string of the molecule is NCCC(CCl)CCl. The van der Waals surface area contributed by atoms with Gasteiger partial charge in [0.25, 0.3) is 0 Å². The topological polar surface area (TPSA) is 26.0 Å². The van der Waals surface area contributed by atoms with E-state index in [0.29, 0.717) is 24.2 Å². The van der Waals surface area contributed by atoms with Crippen molar-refractivity contribution in [1.82, 2.24) is 0 Å². The van der Waals surface area contributed by atoms with E-state index in [1.165, 1.54) is 0 Å². The number of halogens is 2. The molecule has 0 aromatic rings. The molecule has 0 aromatic carbocycles. The van der Waals surface area contributed by atoms with Crippen molar-refractivity contribution in [3.05, 3.63) is 0 Å². The molecule has 0 heterocycles. The second kappa shape index (κ2) is 5.67. The van der Waals surface area contributed by atoms with Crippen LogP contribution in [0.25, 0.3) is 0 Å². The summed E-state index contributed by atoms with van der Waals surface area (Å²) in [7, 11) is 0. The van der Waals surface area contributed by atoms with Crippen LogP contribution in [0.2, 0.25) is 0 Å². The van der Waals surface area contributed by atoms with Crippen molar-refractivity contribution in [3.63, 3.8) is 0 Å². The summed E-state index contributed by atoms with van der Waals surface area (Å²) in [4.78, 5) is 0. The molecule has 3 heteroatoms. The highest BCUT2D eigenvalue weighted by atomic mass is 35.5. The maximum atomic E-state index is 5.51. The lowest BCUT2D eigenvalue weighted by Gasteiger charge is -2.05. The molecule has 0 aliphatic rings. The quantitative estimate of drug-likeness (QED) is 0.612. The van der Waals surface area contributed by atoms with Crippen LogP contribution in [-0.4, -0.2) is 18.3 Å². The third-order valence-corrected chi connectivity index (χ3v) is 1.88. The zero-order valence-corrected chi connectivity index (χ0v) is 6.25. The molecule has 1 nitrogen and oxygen atoms in total. The number of hydrogen-bond acceptors (Lipinski definition) is 1. The lowest BCUT2D eigenvalue weighted by atomic mass is 10.1. The van der Waals surface area contributed by atoms with Gasteiger partial charge in [0.05, 0.1) is 0 Å². The summed E-state index contributed by atoms with van der Waals surface area (Å²) in [5.74, 6) is 1.66. The standard InChI is InChI=1S/C5H11Cl2N/c6-3-5(4-7)1-2-8/h5H,1-4,8H2. The van der Waals surface area contributed by atoms with Crippen LogP contribution in [0.3, 0.4) is 0 Å². The Bertz CT molecular complexity index is 45.7. The summed E-state index contributed by atoms with van der Waals surface area (Å²) < 4.78 is 0. The molecular formula is C5H11Cl2N. The summed E-state index contributed by atoms with van der Waals surface area (Å²) in [5.41, 5.74) is 5.26. The Hall–Kier alpha value is 0.540. The molecule has 0 radical (unpaired) electrons. The Morgan fingerprint density at radius 3 is 1.88 bits per heavy atom. The van der Waals surface area contributed by atoms with Crippen molar-refractivity contribution in [2.75, 3.05) is 18.3 Å². The summed E-state index contributed by atoms with van der Waals surface area (Å²) in [6, 6.07) is 0. The van der Waals surface area contributed by atoms with Gasteiger partial charge in [0, 0.05) is 11.8 Å². The van der Waals surface area contributed by atoms with E-state index < -0.39 is 0 Å². The highest BCUT2D eigenvalue weighted by Crippen LogP contribution is 2.05. The number of nitrogens with two attached hydrogens (primary N) is 1. The highest BCUT2D eigenvalue weighted by molar-refractivity contribution is 6.20. The average molecular weight is 156 g/mol. The molecule has 0 rings (SSSR count). The van der Waals surface area contributed by atoms with E-state index in [0.717, 1.165) is 6.42 Å². The van der Waals surface area contributed by atoms with Gasteiger partial charge in [-0.05, 0) is 18.9 Å². The molecular weight excluding hydrogens is 145 g/mol. The van der Waals surface area contributed by atoms with Crippen LogP contribution in [0.1, 0.15) is 6.42 Å². The van der Waals surface area contributed by atoms with Crippen LogP contribution in [0.5, 0.6) is 0 Å². The molecule has 0 spiro atoms. The molecule has 0 aromatic heterocycles. The normalized spacial score (nSPS) is 10.5. The average Bonchev–Trinajstić information content (AvgIpc) is 1.83. The van der Waals surface area contributed by atoms with Crippen molar-refractivity contribution in [3.8, 4) is 0 Å². The molecule has 0 saturated carbocycles. The summed E-state index contributed by atoms with van der Waals surface area (Å²) in [6.45, 7) is 0.685. The van der Waals surface area contributed by atoms with Crippen molar-refractivity contribution < 1.29 is 0 Å². The minimum atomic E-state index is 0.406. The zero-order chi connectivity index (χ0) is 6.41. The molecule has 0 unspecified atom stereocenters. The first-order valence-electron chi connectivity index (χ1n) is 2.67. The summed E-state index contributed by atoms with van der Waals surface area (Å²) in [6.07, 6.45) is 0.938. The molecule has 0 aliphatic carbocycles. The predicted octanol–water partition coefficient (Wildman–Crippen LogP) is 1.43. The van der Waals surface area contributed by atoms with Crippen molar-refractivity contribution in [1.29, 1.82) is 0 Å². The van der Waals surface area contributed by atoms with Gasteiger partial charge in [-0.3, -0.25) is 0 Å². The van der Waals surface area contributed by atoms with E-state index in [2.05, 4.69) is 0 Å². The van der Waals surface area contributed by atoms with E-state index in [4.69, 9.17) is 28.9 Å². The molecule has 0 atom stereocenters. The fraction of sp³-hybridized carbons (Fsp3) is 1.00. The Morgan fingerprint density at radius 2 is 1.75 bits per heavy atom.